The number of aryl methyl sites for hydroxylation is 1. The minimum absolute atomic E-state index is 0.861. The molecule has 4 nitrogen and oxygen atoms in total. The first-order valence-corrected chi connectivity index (χ1v) is 22.1. The Labute approximate surface area is 155 Å². The number of nitrogens with zero attached hydrogens (tertiary/aromatic N) is 3. The summed E-state index contributed by atoms with van der Waals surface area (Å²) in [5.74, 6) is 0. The maximum absolute atomic E-state index is 5.54. The van der Waals surface area contributed by atoms with Crippen molar-refractivity contribution in [2.45, 2.75) is 6.54 Å². The van der Waals surface area contributed by atoms with E-state index in [1.54, 1.807) is 0 Å². The number of rotatable bonds is 3. The van der Waals surface area contributed by atoms with Crippen LogP contribution in [0.2, 0.25) is 0 Å². The van der Waals surface area contributed by atoms with Gasteiger partial charge in [-0.15, -0.1) is 0 Å². The van der Waals surface area contributed by atoms with Crippen LogP contribution in [-0.4, -0.2) is 38.9 Å². The van der Waals surface area contributed by atoms with E-state index in [1.165, 1.54) is 9.37 Å². The average Bonchev–Trinajstić information content (AvgIpc) is 2.90. The molecule has 0 N–H and O–H groups in total. The van der Waals surface area contributed by atoms with Crippen molar-refractivity contribution in [1.29, 1.82) is 0 Å². The van der Waals surface area contributed by atoms with Crippen LogP contribution in [0.25, 0.3) is 0 Å². The van der Waals surface area contributed by atoms with E-state index < -0.39 is 8.49 Å². The van der Waals surface area contributed by atoms with Crippen LogP contribution in [0.5, 0.6) is 0 Å². The number of benzene rings is 1. The van der Waals surface area contributed by atoms with Crippen molar-refractivity contribution in [1.82, 2.24) is 12.6 Å². The van der Waals surface area contributed by atoms with E-state index in [-0.39, 0.29) is 0 Å². The molecule has 0 radical (unpaired) electrons. The van der Waals surface area contributed by atoms with Gasteiger partial charge in [0.05, 0.1) is 0 Å². The second-order valence-electron chi connectivity index (χ2n) is 5.09. The van der Waals surface area contributed by atoms with E-state index in [2.05, 4.69) is 101 Å². The molecular formula is C15H20I2N3OPt. The van der Waals surface area contributed by atoms with Crippen molar-refractivity contribution in [3.05, 3.63) is 52.1 Å². The van der Waals surface area contributed by atoms with Crippen molar-refractivity contribution in [3.8, 4) is 0 Å². The Morgan fingerprint density at radius 3 is 2.45 bits per heavy atom. The number of aromatic nitrogens is 2. The summed E-state index contributed by atoms with van der Waals surface area (Å²) >= 11 is 5.49. The molecule has 0 spiro atoms. The van der Waals surface area contributed by atoms with E-state index >= 15 is 0 Å². The molecule has 0 atom stereocenters. The average molecular weight is 707 g/mol. The van der Waals surface area contributed by atoms with Crippen LogP contribution in [0.3, 0.4) is 0 Å². The molecule has 0 saturated carbocycles. The van der Waals surface area contributed by atoms with Gasteiger partial charge in [-0.2, -0.15) is 0 Å². The summed E-state index contributed by atoms with van der Waals surface area (Å²) in [6.45, 7) is 4.78. The predicted octanol–water partition coefficient (Wildman–Crippen LogP) is 3.51. The van der Waals surface area contributed by atoms with Gasteiger partial charge >= 0.3 is 157 Å². The van der Waals surface area contributed by atoms with Crippen LogP contribution >= 0.6 is 38.7 Å². The number of halogens is 2. The van der Waals surface area contributed by atoms with Crippen molar-refractivity contribution in [2.75, 3.05) is 26.3 Å². The summed E-state index contributed by atoms with van der Waals surface area (Å²) in [5, 5.41) is 0. The fourth-order valence-corrected chi connectivity index (χ4v) is 19.2. The van der Waals surface area contributed by atoms with Gasteiger partial charge in [0.25, 0.3) is 0 Å². The molecule has 1 saturated heterocycles. The molecule has 2 heterocycles. The summed E-state index contributed by atoms with van der Waals surface area (Å²) < 4.78 is 14.4. The summed E-state index contributed by atoms with van der Waals surface area (Å²) in [7, 11) is -0.0785. The number of hydrogen-bond donors (Lipinski definition) is 0. The normalized spacial score (nSPS) is 17.6. The van der Waals surface area contributed by atoms with Crippen molar-refractivity contribution >= 4 is 38.7 Å². The minimum atomic E-state index is -2.25. The monoisotopic (exact) mass is 707 g/mol. The zero-order valence-electron chi connectivity index (χ0n) is 12.4. The second kappa shape index (κ2) is 7.59. The van der Waals surface area contributed by atoms with Gasteiger partial charge in [-0.25, -0.2) is 0 Å². The first-order valence-electron chi connectivity index (χ1n) is 7.07. The first kappa shape index (κ1) is 17.3. The van der Waals surface area contributed by atoms with E-state index in [1.807, 2.05) is 0 Å². The van der Waals surface area contributed by atoms with Gasteiger partial charge in [0.2, 0.25) is 0 Å². The third-order valence-corrected chi connectivity index (χ3v) is 21.1. The van der Waals surface area contributed by atoms with Crippen molar-refractivity contribution < 1.29 is 13.2 Å². The zero-order valence-corrected chi connectivity index (χ0v) is 19.0. The van der Waals surface area contributed by atoms with Crippen LogP contribution in [0.1, 0.15) is 5.56 Å². The number of imidazole rings is 1. The molecule has 7 heteroatoms. The van der Waals surface area contributed by atoms with Crippen LogP contribution in [0.15, 0.2) is 42.7 Å². The van der Waals surface area contributed by atoms with Crippen LogP contribution in [0, 0.1) is 3.80 Å². The van der Waals surface area contributed by atoms with Crippen molar-refractivity contribution in [2.24, 2.45) is 7.05 Å². The quantitative estimate of drug-likeness (QED) is 0.457. The predicted molar refractivity (Wildman–Crippen MR) is 103 cm³/mol. The Morgan fingerprint density at radius 2 is 1.77 bits per heavy atom. The standard InChI is InChI=1S/C11H12N2.C4H8NO.2HI.Pt/c1-12-7-8-13(10-12)9-11-5-3-2-4-6-11;1-3-6-4-2-5-1;;;/h2-8H,9H2,1H3;1-4H2;2*1H;/q;-1;;;+3/p-2. The van der Waals surface area contributed by atoms with Gasteiger partial charge in [0.1, 0.15) is 0 Å². The molecule has 3 rings (SSSR count). The third-order valence-electron chi connectivity index (χ3n) is 3.50. The molecule has 125 valence electrons. The molecule has 1 aliphatic rings. The van der Waals surface area contributed by atoms with Gasteiger partial charge in [-0.1, -0.05) is 0 Å². The number of morpholine rings is 1. The Morgan fingerprint density at radius 1 is 1.09 bits per heavy atom. The van der Waals surface area contributed by atoms with Crippen molar-refractivity contribution in [3.63, 3.8) is 0 Å². The fourth-order valence-electron chi connectivity index (χ4n) is 2.43. The third kappa shape index (κ3) is 3.76. The van der Waals surface area contributed by atoms with Crippen LogP contribution < -0.4 is 0 Å². The van der Waals surface area contributed by atoms with E-state index in [4.69, 9.17) is 4.74 Å². The Bertz CT molecular complexity index is 714. The Hall–Kier alpha value is 0.498. The molecule has 0 aliphatic carbocycles. The second-order valence-corrected chi connectivity index (χ2v) is 36.9. The van der Waals surface area contributed by atoms with Gasteiger partial charge in [0.15, 0.2) is 0 Å². The SMILES string of the molecule is Cn1ccn(Cc2ccccc2)[c]1=[Pt]([I])([I])[N]1CCOCC1. The number of ether oxygens (including phenoxy) is 1. The molecular weight excluding hydrogens is 687 g/mol. The molecule has 1 aliphatic heterocycles. The topological polar surface area (TPSA) is 22.3 Å². The zero-order chi connectivity index (χ0) is 15.6. The van der Waals surface area contributed by atoms with E-state index in [0.29, 0.717) is 0 Å². The maximum atomic E-state index is 5.54. The summed E-state index contributed by atoms with van der Waals surface area (Å²) in [4.78, 5) is 0. The van der Waals surface area contributed by atoms with Gasteiger partial charge in [-0.05, 0) is 0 Å². The molecule has 0 amide bonds. The Kier molecular flexibility index (Phi) is 5.98. The van der Waals surface area contributed by atoms with E-state index in [9.17, 15) is 0 Å². The molecule has 1 fully saturated rings. The molecule has 0 bridgehead atoms. The van der Waals surface area contributed by atoms with Gasteiger partial charge in [-0.3, -0.25) is 0 Å². The molecule has 0 unspecified atom stereocenters. The summed E-state index contributed by atoms with van der Waals surface area (Å²) in [6.07, 6.45) is 4.41. The summed E-state index contributed by atoms with van der Waals surface area (Å²) in [6, 6.07) is 10.7. The molecule has 22 heavy (non-hydrogen) atoms. The summed E-state index contributed by atoms with van der Waals surface area (Å²) in [5.41, 5.74) is 1.35. The number of hydrogen-bond acceptors (Lipinski definition) is 2. The fraction of sp³-hybridized carbons (Fsp3) is 0.400. The van der Waals surface area contributed by atoms with Crippen LogP contribution in [-0.2, 0) is 26.8 Å². The first-order chi connectivity index (χ1) is 10.6. The molecule has 1 aromatic heterocycles. The molecule has 1 aromatic carbocycles. The Balaban J connectivity index is 2.05. The van der Waals surface area contributed by atoms with Gasteiger partial charge in [0, 0.05) is 0 Å². The van der Waals surface area contributed by atoms with E-state index in [0.717, 1.165) is 32.8 Å². The van der Waals surface area contributed by atoms with Crippen LogP contribution in [0.4, 0.5) is 0 Å². The van der Waals surface area contributed by atoms with Gasteiger partial charge < -0.3 is 0 Å². The molecule has 2 aromatic rings.